The van der Waals surface area contributed by atoms with Crippen molar-refractivity contribution in [3.8, 4) is 0 Å². The van der Waals surface area contributed by atoms with E-state index in [1.165, 1.54) is 5.56 Å². The van der Waals surface area contributed by atoms with E-state index in [0.717, 1.165) is 25.1 Å². The van der Waals surface area contributed by atoms with Crippen LogP contribution >= 0.6 is 0 Å². The summed E-state index contributed by atoms with van der Waals surface area (Å²) in [5.74, 6) is 0.0691. The molecule has 20 heavy (non-hydrogen) atoms. The highest BCUT2D eigenvalue weighted by Crippen LogP contribution is 2.19. The molecule has 0 aliphatic carbocycles. The van der Waals surface area contributed by atoms with Crippen molar-refractivity contribution in [2.75, 3.05) is 24.5 Å². The molecule has 1 rings (SSSR count). The lowest BCUT2D eigenvalue weighted by Gasteiger charge is -2.26. The Bertz CT molecular complexity index is 420. The van der Waals surface area contributed by atoms with Crippen LogP contribution in [0.15, 0.2) is 24.3 Å². The van der Waals surface area contributed by atoms with E-state index >= 15 is 0 Å². The molecule has 0 aliphatic heterocycles. The van der Waals surface area contributed by atoms with Crippen molar-refractivity contribution in [2.24, 2.45) is 5.73 Å². The molecule has 1 aromatic rings. The molecule has 112 valence electrons. The summed E-state index contributed by atoms with van der Waals surface area (Å²) in [5, 5.41) is 3.01. The quantitative estimate of drug-likeness (QED) is 0.765. The third-order valence-electron chi connectivity index (χ3n) is 3.44. The van der Waals surface area contributed by atoms with Gasteiger partial charge in [0, 0.05) is 18.3 Å². The number of aryl methyl sites for hydroxylation is 1. The predicted octanol–water partition coefficient (Wildman–Crippen LogP) is 2.06. The number of para-hydroxylation sites is 1. The minimum atomic E-state index is 0.0691. The molecule has 0 aromatic heterocycles. The third-order valence-corrected chi connectivity index (χ3v) is 3.44. The first-order valence-electron chi connectivity index (χ1n) is 7.38. The molecular formula is C16H27N3O. The Morgan fingerprint density at radius 3 is 2.70 bits per heavy atom. The van der Waals surface area contributed by atoms with Crippen molar-refractivity contribution in [2.45, 2.75) is 39.7 Å². The van der Waals surface area contributed by atoms with E-state index in [-0.39, 0.29) is 11.9 Å². The van der Waals surface area contributed by atoms with E-state index in [0.29, 0.717) is 13.1 Å². The Balaban J connectivity index is 2.74. The van der Waals surface area contributed by atoms with E-state index in [1.54, 1.807) is 0 Å². The molecule has 1 aromatic carbocycles. The van der Waals surface area contributed by atoms with Gasteiger partial charge in [-0.1, -0.05) is 25.1 Å². The Kier molecular flexibility index (Phi) is 7.09. The Morgan fingerprint density at radius 1 is 1.40 bits per heavy atom. The fraction of sp³-hybridized carbons (Fsp3) is 0.562. The van der Waals surface area contributed by atoms with Crippen molar-refractivity contribution in [3.05, 3.63) is 29.8 Å². The smallest absolute Gasteiger partial charge is 0.239 e. The predicted molar refractivity (Wildman–Crippen MR) is 85.0 cm³/mol. The van der Waals surface area contributed by atoms with Crippen LogP contribution in [0, 0.1) is 6.92 Å². The number of nitrogens with two attached hydrogens (primary N) is 1. The molecule has 3 N–H and O–H groups in total. The number of hydrogen-bond acceptors (Lipinski definition) is 3. The van der Waals surface area contributed by atoms with Crippen LogP contribution in [0.2, 0.25) is 0 Å². The second-order valence-electron chi connectivity index (χ2n) is 5.23. The lowest BCUT2D eigenvalue weighted by atomic mass is 10.1. The largest absolute Gasteiger partial charge is 0.362 e. The van der Waals surface area contributed by atoms with Crippen molar-refractivity contribution in [3.63, 3.8) is 0 Å². The summed E-state index contributed by atoms with van der Waals surface area (Å²) in [6.45, 7) is 7.98. The summed E-state index contributed by atoms with van der Waals surface area (Å²) in [7, 11) is 0. The minimum Gasteiger partial charge on any atom is -0.362 e. The van der Waals surface area contributed by atoms with Gasteiger partial charge in [-0.2, -0.15) is 0 Å². The maximum Gasteiger partial charge on any atom is 0.239 e. The van der Waals surface area contributed by atoms with Gasteiger partial charge in [-0.3, -0.25) is 4.79 Å². The zero-order chi connectivity index (χ0) is 15.0. The maximum absolute atomic E-state index is 12.1. The van der Waals surface area contributed by atoms with Crippen LogP contribution in [-0.4, -0.2) is 31.6 Å². The summed E-state index contributed by atoms with van der Waals surface area (Å²) in [5.41, 5.74) is 7.89. The van der Waals surface area contributed by atoms with Crippen LogP contribution in [-0.2, 0) is 4.79 Å². The topological polar surface area (TPSA) is 58.4 Å². The standard InChI is InChI=1S/C16H27N3O/c1-4-14(3)18-16(20)12-19(11-7-10-17)15-9-6-5-8-13(15)2/h5-6,8-9,14H,4,7,10-12,17H2,1-3H3,(H,18,20). The SMILES string of the molecule is CCC(C)NC(=O)CN(CCCN)c1ccccc1C. The number of hydrogen-bond donors (Lipinski definition) is 2. The van der Waals surface area contributed by atoms with Gasteiger partial charge in [0.05, 0.1) is 6.54 Å². The summed E-state index contributed by atoms with van der Waals surface area (Å²) >= 11 is 0. The molecule has 0 fully saturated rings. The zero-order valence-electron chi connectivity index (χ0n) is 12.9. The highest BCUT2D eigenvalue weighted by Gasteiger charge is 2.14. The van der Waals surface area contributed by atoms with Gasteiger partial charge < -0.3 is 16.0 Å². The number of nitrogens with zero attached hydrogens (tertiary/aromatic N) is 1. The third kappa shape index (κ3) is 5.21. The van der Waals surface area contributed by atoms with Crippen LogP contribution in [0.25, 0.3) is 0 Å². The molecule has 1 atom stereocenters. The number of rotatable bonds is 8. The maximum atomic E-state index is 12.1. The fourth-order valence-electron chi connectivity index (χ4n) is 2.08. The molecular weight excluding hydrogens is 250 g/mol. The normalized spacial score (nSPS) is 12.0. The monoisotopic (exact) mass is 277 g/mol. The van der Waals surface area contributed by atoms with Gasteiger partial charge in [0.1, 0.15) is 0 Å². The molecule has 0 aliphatic rings. The number of benzene rings is 1. The van der Waals surface area contributed by atoms with E-state index in [4.69, 9.17) is 5.73 Å². The second-order valence-corrected chi connectivity index (χ2v) is 5.23. The van der Waals surface area contributed by atoms with Gasteiger partial charge in [0.2, 0.25) is 5.91 Å². The number of carbonyl (C=O) groups excluding carboxylic acids is 1. The Labute approximate surface area is 122 Å². The minimum absolute atomic E-state index is 0.0691. The van der Waals surface area contributed by atoms with Gasteiger partial charge >= 0.3 is 0 Å². The molecule has 0 saturated carbocycles. The molecule has 0 bridgehead atoms. The van der Waals surface area contributed by atoms with E-state index in [1.807, 2.05) is 19.1 Å². The molecule has 0 saturated heterocycles. The van der Waals surface area contributed by atoms with E-state index in [9.17, 15) is 4.79 Å². The molecule has 1 amide bonds. The first-order chi connectivity index (χ1) is 9.58. The van der Waals surface area contributed by atoms with Gasteiger partial charge in [0.15, 0.2) is 0 Å². The number of amides is 1. The van der Waals surface area contributed by atoms with Gasteiger partial charge in [0.25, 0.3) is 0 Å². The lowest BCUT2D eigenvalue weighted by molar-refractivity contribution is -0.120. The van der Waals surface area contributed by atoms with Crippen LogP contribution < -0.4 is 16.0 Å². The average Bonchev–Trinajstić information content (AvgIpc) is 2.44. The number of carbonyl (C=O) groups is 1. The van der Waals surface area contributed by atoms with Crippen molar-refractivity contribution < 1.29 is 4.79 Å². The molecule has 0 heterocycles. The number of nitrogens with one attached hydrogen (secondary N) is 1. The molecule has 4 heteroatoms. The Hall–Kier alpha value is -1.55. The number of anilines is 1. The van der Waals surface area contributed by atoms with Crippen molar-refractivity contribution >= 4 is 11.6 Å². The molecule has 4 nitrogen and oxygen atoms in total. The fourth-order valence-corrected chi connectivity index (χ4v) is 2.08. The van der Waals surface area contributed by atoms with E-state index < -0.39 is 0 Å². The highest BCUT2D eigenvalue weighted by molar-refractivity contribution is 5.81. The summed E-state index contributed by atoms with van der Waals surface area (Å²) in [4.78, 5) is 14.2. The second kappa shape index (κ2) is 8.59. The van der Waals surface area contributed by atoms with Crippen molar-refractivity contribution in [1.82, 2.24) is 5.32 Å². The summed E-state index contributed by atoms with van der Waals surface area (Å²) < 4.78 is 0. The van der Waals surface area contributed by atoms with Crippen molar-refractivity contribution in [1.29, 1.82) is 0 Å². The van der Waals surface area contributed by atoms with Crippen LogP contribution in [0.3, 0.4) is 0 Å². The molecule has 1 unspecified atom stereocenters. The first kappa shape index (κ1) is 16.5. The van der Waals surface area contributed by atoms with Crippen LogP contribution in [0.5, 0.6) is 0 Å². The highest BCUT2D eigenvalue weighted by atomic mass is 16.2. The lowest BCUT2D eigenvalue weighted by Crippen LogP contribution is -2.41. The average molecular weight is 277 g/mol. The van der Waals surface area contributed by atoms with Gasteiger partial charge in [-0.25, -0.2) is 0 Å². The summed E-state index contributed by atoms with van der Waals surface area (Å²) in [6, 6.07) is 8.36. The van der Waals surface area contributed by atoms with Gasteiger partial charge in [-0.05, 0) is 44.9 Å². The van der Waals surface area contributed by atoms with E-state index in [2.05, 4.69) is 36.2 Å². The summed E-state index contributed by atoms with van der Waals surface area (Å²) in [6.07, 6.45) is 1.82. The van der Waals surface area contributed by atoms with Gasteiger partial charge in [-0.15, -0.1) is 0 Å². The van der Waals surface area contributed by atoms with Crippen LogP contribution in [0.4, 0.5) is 5.69 Å². The Morgan fingerprint density at radius 2 is 2.10 bits per heavy atom. The molecule has 0 spiro atoms. The van der Waals surface area contributed by atoms with Crippen LogP contribution in [0.1, 0.15) is 32.3 Å². The zero-order valence-corrected chi connectivity index (χ0v) is 12.9. The first-order valence-corrected chi connectivity index (χ1v) is 7.38. The molecule has 0 radical (unpaired) electrons.